The van der Waals surface area contributed by atoms with E-state index in [-0.39, 0.29) is 17.8 Å². The zero-order valence-corrected chi connectivity index (χ0v) is 18.6. The zero-order valence-electron chi connectivity index (χ0n) is 18.6. The standard InChI is InChI=1S/C20H38N4O5/c1-8-12(6)16(19(27)22-13(7)20(28)29)24-18(26)15(11(4)5)23-17(25)14(21)9-10(2)3/h10-16H,8-9,21H2,1-7H3,(H,22,27)(H,23,25)(H,24,26)(H,28,29). The van der Waals surface area contributed by atoms with E-state index in [2.05, 4.69) is 16.0 Å². The lowest BCUT2D eigenvalue weighted by atomic mass is 9.96. The number of carbonyl (C=O) groups is 4. The number of hydrogen-bond donors (Lipinski definition) is 5. The van der Waals surface area contributed by atoms with Crippen LogP contribution in [-0.2, 0) is 19.2 Å². The number of carbonyl (C=O) groups excluding carboxylic acids is 3. The molecule has 0 aliphatic heterocycles. The SMILES string of the molecule is CCC(C)C(NC(=O)C(NC(=O)C(N)CC(C)C)C(C)C)C(=O)NC(C)C(=O)O. The predicted octanol–water partition coefficient (Wildman–Crippen LogP) is 0.621. The number of nitrogens with two attached hydrogens (primary N) is 1. The number of rotatable bonds is 12. The molecule has 29 heavy (non-hydrogen) atoms. The molecule has 0 aliphatic carbocycles. The van der Waals surface area contributed by atoms with Gasteiger partial charge in [0, 0.05) is 0 Å². The van der Waals surface area contributed by atoms with Crippen LogP contribution in [-0.4, -0.2) is 53.0 Å². The van der Waals surface area contributed by atoms with Gasteiger partial charge in [-0.05, 0) is 31.1 Å². The second kappa shape index (κ2) is 12.4. The molecule has 0 saturated carbocycles. The van der Waals surface area contributed by atoms with Crippen LogP contribution in [0.1, 0.15) is 61.3 Å². The maximum atomic E-state index is 12.9. The Morgan fingerprint density at radius 2 is 1.31 bits per heavy atom. The van der Waals surface area contributed by atoms with Crippen molar-refractivity contribution in [2.75, 3.05) is 0 Å². The molecular formula is C20H38N4O5. The lowest BCUT2D eigenvalue weighted by molar-refractivity contribution is -0.142. The van der Waals surface area contributed by atoms with E-state index < -0.39 is 47.9 Å². The van der Waals surface area contributed by atoms with Crippen molar-refractivity contribution >= 4 is 23.7 Å². The Morgan fingerprint density at radius 3 is 1.72 bits per heavy atom. The fraction of sp³-hybridized carbons (Fsp3) is 0.800. The lowest BCUT2D eigenvalue weighted by Crippen LogP contribution is -2.59. The summed E-state index contributed by atoms with van der Waals surface area (Å²) in [5.74, 6) is -2.90. The van der Waals surface area contributed by atoms with Crippen molar-refractivity contribution in [2.24, 2.45) is 23.5 Å². The third-order valence-corrected chi connectivity index (χ3v) is 4.83. The molecule has 9 nitrogen and oxygen atoms in total. The zero-order chi connectivity index (χ0) is 22.9. The van der Waals surface area contributed by atoms with Crippen LogP contribution in [0.5, 0.6) is 0 Å². The molecule has 0 spiro atoms. The number of amides is 3. The summed E-state index contributed by atoms with van der Waals surface area (Å²) in [6.45, 7) is 12.5. The number of nitrogens with one attached hydrogen (secondary N) is 3. The van der Waals surface area contributed by atoms with E-state index in [0.717, 1.165) is 0 Å². The van der Waals surface area contributed by atoms with Crippen LogP contribution in [0.3, 0.4) is 0 Å². The Balaban J connectivity index is 5.32. The summed E-state index contributed by atoms with van der Waals surface area (Å²) in [5.41, 5.74) is 5.91. The first kappa shape index (κ1) is 26.8. The number of carboxylic acid groups (broad SMARTS) is 1. The highest BCUT2D eigenvalue weighted by Crippen LogP contribution is 2.11. The minimum Gasteiger partial charge on any atom is -0.480 e. The van der Waals surface area contributed by atoms with E-state index in [1.807, 2.05) is 20.8 Å². The molecule has 0 aromatic rings. The van der Waals surface area contributed by atoms with Crippen molar-refractivity contribution in [2.45, 2.75) is 85.5 Å². The maximum Gasteiger partial charge on any atom is 0.325 e. The predicted molar refractivity (Wildman–Crippen MR) is 111 cm³/mol. The van der Waals surface area contributed by atoms with Crippen LogP contribution in [0.2, 0.25) is 0 Å². The second-order valence-electron chi connectivity index (χ2n) is 8.41. The van der Waals surface area contributed by atoms with Gasteiger partial charge in [0.1, 0.15) is 18.1 Å². The molecule has 5 atom stereocenters. The first-order valence-electron chi connectivity index (χ1n) is 10.2. The Bertz CT molecular complexity index is 579. The van der Waals surface area contributed by atoms with Gasteiger partial charge in [0.2, 0.25) is 17.7 Å². The first-order valence-corrected chi connectivity index (χ1v) is 10.2. The number of carboxylic acids is 1. The van der Waals surface area contributed by atoms with Gasteiger partial charge in [-0.1, -0.05) is 48.0 Å². The fourth-order valence-electron chi connectivity index (χ4n) is 2.72. The van der Waals surface area contributed by atoms with Crippen molar-refractivity contribution in [3.63, 3.8) is 0 Å². The smallest absolute Gasteiger partial charge is 0.325 e. The van der Waals surface area contributed by atoms with Crippen LogP contribution >= 0.6 is 0 Å². The average molecular weight is 415 g/mol. The molecule has 0 fully saturated rings. The van der Waals surface area contributed by atoms with E-state index >= 15 is 0 Å². The Morgan fingerprint density at radius 1 is 0.828 bits per heavy atom. The van der Waals surface area contributed by atoms with Crippen molar-refractivity contribution in [3.05, 3.63) is 0 Å². The molecular weight excluding hydrogens is 376 g/mol. The Kier molecular flexibility index (Phi) is 11.5. The molecule has 3 amide bonds. The molecule has 0 radical (unpaired) electrons. The van der Waals surface area contributed by atoms with Crippen molar-refractivity contribution in [1.82, 2.24) is 16.0 Å². The lowest BCUT2D eigenvalue weighted by Gasteiger charge is -2.29. The van der Waals surface area contributed by atoms with Crippen LogP contribution < -0.4 is 21.7 Å². The molecule has 0 heterocycles. The highest BCUT2D eigenvalue weighted by molar-refractivity contribution is 5.94. The molecule has 0 rings (SSSR count). The van der Waals surface area contributed by atoms with Gasteiger partial charge >= 0.3 is 5.97 Å². The van der Waals surface area contributed by atoms with Gasteiger partial charge in [0.25, 0.3) is 0 Å². The quantitative estimate of drug-likeness (QED) is 0.316. The maximum absolute atomic E-state index is 12.9. The molecule has 0 aliphatic rings. The van der Waals surface area contributed by atoms with E-state index in [1.165, 1.54) is 6.92 Å². The van der Waals surface area contributed by atoms with Gasteiger partial charge in [-0.25, -0.2) is 0 Å². The summed E-state index contributed by atoms with van der Waals surface area (Å²) in [6.07, 6.45) is 1.08. The van der Waals surface area contributed by atoms with Crippen LogP contribution in [0, 0.1) is 17.8 Å². The van der Waals surface area contributed by atoms with Crippen molar-refractivity contribution < 1.29 is 24.3 Å². The van der Waals surface area contributed by atoms with Gasteiger partial charge in [0.15, 0.2) is 0 Å². The van der Waals surface area contributed by atoms with Gasteiger partial charge in [-0.15, -0.1) is 0 Å². The van der Waals surface area contributed by atoms with Crippen molar-refractivity contribution in [3.8, 4) is 0 Å². The highest BCUT2D eigenvalue weighted by Gasteiger charge is 2.33. The van der Waals surface area contributed by atoms with Crippen LogP contribution in [0.25, 0.3) is 0 Å². The van der Waals surface area contributed by atoms with E-state index in [9.17, 15) is 19.2 Å². The Hall–Kier alpha value is -2.16. The van der Waals surface area contributed by atoms with Gasteiger partial charge in [0.05, 0.1) is 6.04 Å². The fourth-order valence-corrected chi connectivity index (χ4v) is 2.72. The summed E-state index contributed by atoms with van der Waals surface area (Å²) in [7, 11) is 0. The van der Waals surface area contributed by atoms with Crippen LogP contribution in [0.15, 0.2) is 0 Å². The van der Waals surface area contributed by atoms with Crippen LogP contribution in [0.4, 0.5) is 0 Å². The minimum atomic E-state index is -1.17. The largest absolute Gasteiger partial charge is 0.480 e. The third-order valence-electron chi connectivity index (χ3n) is 4.83. The normalized spacial score (nSPS) is 16.5. The van der Waals surface area contributed by atoms with Gasteiger partial charge < -0.3 is 26.8 Å². The molecule has 9 heteroatoms. The second-order valence-corrected chi connectivity index (χ2v) is 8.41. The number of aliphatic carboxylic acids is 1. The molecule has 6 N–H and O–H groups in total. The van der Waals surface area contributed by atoms with E-state index in [4.69, 9.17) is 10.8 Å². The Labute approximate surface area is 173 Å². The molecule has 0 aromatic heterocycles. The monoisotopic (exact) mass is 414 g/mol. The van der Waals surface area contributed by atoms with Gasteiger partial charge in [-0.3, -0.25) is 19.2 Å². The topological polar surface area (TPSA) is 151 Å². The molecule has 5 unspecified atom stereocenters. The first-order chi connectivity index (χ1) is 13.3. The van der Waals surface area contributed by atoms with E-state index in [1.54, 1.807) is 20.8 Å². The highest BCUT2D eigenvalue weighted by atomic mass is 16.4. The molecule has 0 aromatic carbocycles. The summed E-state index contributed by atoms with van der Waals surface area (Å²) in [4.78, 5) is 48.8. The van der Waals surface area contributed by atoms with Gasteiger partial charge in [-0.2, -0.15) is 0 Å². The number of hydrogen-bond acceptors (Lipinski definition) is 5. The summed E-state index contributed by atoms with van der Waals surface area (Å²) in [6, 6.07) is -3.59. The minimum absolute atomic E-state index is 0.230. The van der Waals surface area contributed by atoms with Crippen molar-refractivity contribution in [1.29, 1.82) is 0 Å². The average Bonchev–Trinajstić information content (AvgIpc) is 2.61. The molecule has 168 valence electrons. The van der Waals surface area contributed by atoms with E-state index in [0.29, 0.717) is 12.8 Å². The molecule has 0 saturated heterocycles. The summed E-state index contributed by atoms with van der Waals surface area (Å²) >= 11 is 0. The third kappa shape index (κ3) is 9.25. The molecule has 0 bridgehead atoms. The summed E-state index contributed by atoms with van der Waals surface area (Å²) < 4.78 is 0. The summed E-state index contributed by atoms with van der Waals surface area (Å²) in [5, 5.41) is 16.8.